The smallest absolute Gasteiger partial charge is 0.405 e. The summed E-state index contributed by atoms with van der Waals surface area (Å²) in [6.45, 7) is -1.22. The Morgan fingerprint density at radius 2 is 2.08 bits per heavy atom. The molecule has 0 fully saturated rings. The third-order valence-electron chi connectivity index (χ3n) is 3.31. The number of nitrogens with two attached hydrogens (primary N) is 1. The van der Waals surface area contributed by atoms with E-state index < -0.39 is 24.7 Å². The van der Waals surface area contributed by atoms with Crippen LogP contribution < -0.4 is 20.6 Å². The Labute approximate surface area is 149 Å². The monoisotopic (exact) mass is 389 g/mol. The van der Waals surface area contributed by atoms with E-state index in [1.54, 1.807) is 23.5 Å². The first-order valence-electron chi connectivity index (χ1n) is 7.38. The van der Waals surface area contributed by atoms with Crippen LogP contribution in [0.4, 0.5) is 13.2 Å². The highest BCUT2D eigenvalue weighted by Gasteiger charge is 2.29. The minimum atomic E-state index is -4.46. The molecular weight excluding hydrogens is 375 g/mol. The van der Waals surface area contributed by atoms with Crippen LogP contribution in [0.2, 0.25) is 0 Å². The van der Waals surface area contributed by atoms with Gasteiger partial charge in [-0.25, -0.2) is 4.68 Å². The molecule has 2 heterocycles. The Balaban J connectivity index is 1.59. The number of carbonyl (C=O) groups is 1. The van der Waals surface area contributed by atoms with E-state index in [-0.39, 0.29) is 23.3 Å². The standard InChI is InChI=1S/C14H14F3N5O3S/c15-14(16,17)7-19-11(23)6-26-13-21-20-12(22(13)18)10-5-24-8-3-1-2-4-9(8)25-10/h1-4,10H,5-7,18H2,(H,19,23). The van der Waals surface area contributed by atoms with E-state index in [2.05, 4.69) is 10.2 Å². The molecule has 0 saturated carbocycles. The molecule has 1 unspecified atom stereocenters. The molecule has 0 bridgehead atoms. The number of para-hydroxylation sites is 2. The molecule has 0 spiro atoms. The highest BCUT2D eigenvalue weighted by atomic mass is 32.2. The molecule has 1 amide bonds. The van der Waals surface area contributed by atoms with Crippen molar-refractivity contribution in [1.82, 2.24) is 20.2 Å². The highest BCUT2D eigenvalue weighted by Crippen LogP contribution is 2.35. The number of aromatic nitrogens is 3. The van der Waals surface area contributed by atoms with Gasteiger partial charge in [0.1, 0.15) is 13.2 Å². The van der Waals surface area contributed by atoms with Crippen LogP contribution in [0.1, 0.15) is 11.9 Å². The molecule has 26 heavy (non-hydrogen) atoms. The molecule has 3 N–H and O–H groups in total. The number of hydrogen-bond acceptors (Lipinski definition) is 7. The molecule has 0 aliphatic carbocycles. The van der Waals surface area contributed by atoms with Gasteiger partial charge in [0, 0.05) is 0 Å². The highest BCUT2D eigenvalue weighted by molar-refractivity contribution is 7.99. The van der Waals surface area contributed by atoms with Crippen molar-refractivity contribution in [2.24, 2.45) is 0 Å². The van der Waals surface area contributed by atoms with Gasteiger partial charge >= 0.3 is 6.18 Å². The number of fused-ring (bicyclic) bond motifs is 1. The summed E-state index contributed by atoms with van der Waals surface area (Å²) >= 11 is 0.865. The zero-order valence-corrected chi connectivity index (χ0v) is 14.0. The number of hydrogen-bond donors (Lipinski definition) is 2. The van der Waals surface area contributed by atoms with Crippen molar-refractivity contribution >= 4 is 17.7 Å². The van der Waals surface area contributed by atoms with Gasteiger partial charge < -0.3 is 20.6 Å². The SMILES string of the molecule is Nn1c(SCC(=O)NCC(F)(F)F)nnc1C1COc2ccccc2O1. The van der Waals surface area contributed by atoms with Crippen molar-refractivity contribution < 1.29 is 27.4 Å². The van der Waals surface area contributed by atoms with Crippen molar-refractivity contribution in [2.75, 3.05) is 24.7 Å². The molecule has 1 aromatic carbocycles. The van der Waals surface area contributed by atoms with Crippen LogP contribution in [0.25, 0.3) is 0 Å². The summed E-state index contributed by atoms with van der Waals surface area (Å²) in [6, 6.07) is 7.10. The lowest BCUT2D eigenvalue weighted by atomic mass is 10.2. The van der Waals surface area contributed by atoms with Crippen molar-refractivity contribution in [1.29, 1.82) is 0 Å². The Morgan fingerprint density at radius 1 is 1.35 bits per heavy atom. The fourth-order valence-electron chi connectivity index (χ4n) is 2.13. The molecule has 1 aliphatic rings. The van der Waals surface area contributed by atoms with Crippen molar-refractivity contribution in [3.05, 3.63) is 30.1 Å². The third kappa shape index (κ3) is 4.31. The molecule has 1 aromatic heterocycles. The zero-order valence-electron chi connectivity index (χ0n) is 13.2. The van der Waals surface area contributed by atoms with Crippen molar-refractivity contribution in [2.45, 2.75) is 17.4 Å². The molecular formula is C14H14F3N5O3S. The van der Waals surface area contributed by atoms with Gasteiger partial charge in [-0.05, 0) is 12.1 Å². The maximum Gasteiger partial charge on any atom is 0.405 e. The van der Waals surface area contributed by atoms with Crippen LogP contribution >= 0.6 is 11.8 Å². The Hall–Kier alpha value is -2.63. The second-order valence-corrected chi connectivity index (χ2v) is 6.20. The molecule has 140 valence electrons. The molecule has 0 radical (unpaired) electrons. The second-order valence-electron chi connectivity index (χ2n) is 5.26. The van der Waals surface area contributed by atoms with Gasteiger partial charge in [-0.1, -0.05) is 23.9 Å². The van der Waals surface area contributed by atoms with Gasteiger partial charge in [-0.3, -0.25) is 4.79 Å². The molecule has 12 heteroatoms. The number of alkyl halides is 3. The molecule has 2 aromatic rings. The lowest BCUT2D eigenvalue weighted by Gasteiger charge is -2.25. The Kier molecular flexibility index (Phi) is 5.11. The topological polar surface area (TPSA) is 104 Å². The Bertz CT molecular complexity index is 798. The minimum absolute atomic E-state index is 0.170. The van der Waals surface area contributed by atoms with Crippen molar-refractivity contribution in [3.63, 3.8) is 0 Å². The number of ether oxygens (including phenoxy) is 2. The largest absolute Gasteiger partial charge is 0.485 e. The molecule has 8 nitrogen and oxygen atoms in total. The number of benzene rings is 1. The van der Waals surface area contributed by atoms with Crippen LogP contribution in [-0.4, -0.2) is 45.9 Å². The first-order chi connectivity index (χ1) is 12.3. The van der Waals surface area contributed by atoms with E-state index >= 15 is 0 Å². The fourth-order valence-corrected chi connectivity index (χ4v) is 2.83. The maximum atomic E-state index is 12.1. The first kappa shape index (κ1) is 18.2. The minimum Gasteiger partial charge on any atom is -0.485 e. The maximum absolute atomic E-state index is 12.1. The average Bonchev–Trinajstić information content (AvgIpc) is 2.98. The molecule has 3 rings (SSSR count). The number of thioether (sulfide) groups is 1. The number of nitrogen functional groups attached to an aromatic ring is 1. The summed E-state index contributed by atoms with van der Waals surface area (Å²) in [6.07, 6.45) is -5.06. The summed E-state index contributed by atoms with van der Waals surface area (Å²) in [5.41, 5.74) is 0. The van der Waals surface area contributed by atoms with Gasteiger partial charge in [0.25, 0.3) is 0 Å². The lowest BCUT2D eigenvalue weighted by Crippen LogP contribution is -2.34. The second kappa shape index (κ2) is 7.32. The molecule has 0 saturated heterocycles. The number of nitrogens with one attached hydrogen (secondary N) is 1. The van der Waals surface area contributed by atoms with Gasteiger partial charge in [-0.2, -0.15) is 13.2 Å². The van der Waals surface area contributed by atoms with Crippen LogP contribution in [0.15, 0.2) is 29.4 Å². The van der Waals surface area contributed by atoms with E-state index in [4.69, 9.17) is 15.3 Å². The Morgan fingerprint density at radius 3 is 2.81 bits per heavy atom. The quantitative estimate of drug-likeness (QED) is 0.586. The molecule has 1 atom stereocenters. The van der Waals surface area contributed by atoms with Crippen LogP contribution in [0, 0.1) is 0 Å². The number of halogens is 3. The number of nitrogens with zero attached hydrogens (tertiary/aromatic N) is 3. The van der Waals surface area contributed by atoms with E-state index in [1.807, 2.05) is 6.07 Å². The summed E-state index contributed by atoms with van der Waals surface area (Å²) in [5.74, 6) is 6.25. The van der Waals surface area contributed by atoms with Gasteiger partial charge in [0.2, 0.25) is 11.1 Å². The summed E-state index contributed by atoms with van der Waals surface area (Å²) in [7, 11) is 0. The van der Waals surface area contributed by atoms with Gasteiger partial charge in [0.15, 0.2) is 23.4 Å². The summed E-state index contributed by atoms with van der Waals surface area (Å²) in [5, 5.41) is 9.70. The van der Waals surface area contributed by atoms with Gasteiger partial charge in [0.05, 0.1) is 5.75 Å². The number of amides is 1. The predicted molar refractivity (Wildman–Crippen MR) is 85.3 cm³/mol. The molecule has 1 aliphatic heterocycles. The first-order valence-corrected chi connectivity index (χ1v) is 8.37. The van der Waals surface area contributed by atoms with Crippen LogP contribution in [0.3, 0.4) is 0 Å². The number of carbonyl (C=O) groups excluding carboxylic acids is 1. The number of rotatable bonds is 5. The van der Waals surface area contributed by atoms with E-state index in [0.29, 0.717) is 11.5 Å². The van der Waals surface area contributed by atoms with E-state index in [9.17, 15) is 18.0 Å². The summed E-state index contributed by atoms with van der Waals surface area (Å²) < 4.78 is 48.7. The normalized spacial score (nSPS) is 16.3. The van der Waals surface area contributed by atoms with Crippen LogP contribution in [-0.2, 0) is 4.79 Å². The zero-order chi connectivity index (χ0) is 18.7. The lowest BCUT2D eigenvalue weighted by molar-refractivity contribution is -0.136. The van der Waals surface area contributed by atoms with E-state index in [1.165, 1.54) is 0 Å². The fraction of sp³-hybridized carbons (Fsp3) is 0.357. The van der Waals surface area contributed by atoms with Gasteiger partial charge in [-0.15, -0.1) is 10.2 Å². The third-order valence-corrected chi connectivity index (χ3v) is 4.25. The van der Waals surface area contributed by atoms with E-state index in [0.717, 1.165) is 16.4 Å². The predicted octanol–water partition coefficient (Wildman–Crippen LogP) is 1.27. The average molecular weight is 389 g/mol. The van der Waals surface area contributed by atoms with Crippen LogP contribution in [0.5, 0.6) is 11.5 Å². The summed E-state index contributed by atoms with van der Waals surface area (Å²) in [4.78, 5) is 11.4. The van der Waals surface area contributed by atoms with Crippen molar-refractivity contribution in [3.8, 4) is 11.5 Å².